The lowest BCUT2D eigenvalue weighted by Crippen LogP contribution is -2.00. The molecule has 1 heterocycles. The van der Waals surface area contributed by atoms with E-state index in [1.807, 2.05) is 31.2 Å². The Balaban J connectivity index is 1.80. The van der Waals surface area contributed by atoms with Crippen LogP contribution in [-0.2, 0) is 6.42 Å². The van der Waals surface area contributed by atoms with E-state index in [-0.39, 0.29) is 0 Å². The molecule has 0 fully saturated rings. The van der Waals surface area contributed by atoms with Crippen LogP contribution in [0.3, 0.4) is 0 Å². The summed E-state index contributed by atoms with van der Waals surface area (Å²) in [6.45, 7) is 4.78. The van der Waals surface area contributed by atoms with Gasteiger partial charge in [-0.1, -0.05) is 6.07 Å². The Kier molecular flexibility index (Phi) is 4.44. The molecule has 0 radical (unpaired) electrons. The molecule has 19 heavy (non-hydrogen) atoms. The summed E-state index contributed by atoms with van der Waals surface area (Å²) in [5, 5.41) is 7.20. The van der Waals surface area contributed by atoms with Crippen molar-refractivity contribution in [1.82, 2.24) is 10.2 Å². The van der Waals surface area contributed by atoms with Crippen molar-refractivity contribution in [2.75, 3.05) is 13.7 Å². The minimum atomic E-state index is 0.692. The van der Waals surface area contributed by atoms with Gasteiger partial charge in [-0.3, -0.25) is 5.10 Å². The monoisotopic (exact) mass is 260 g/mol. The molecule has 0 spiro atoms. The van der Waals surface area contributed by atoms with Crippen molar-refractivity contribution in [3.63, 3.8) is 0 Å². The number of hydrogen-bond acceptors (Lipinski definition) is 3. The maximum Gasteiger partial charge on any atom is 0.122 e. The number of H-pyrrole nitrogens is 1. The number of ether oxygens (including phenoxy) is 2. The molecule has 4 nitrogen and oxygen atoms in total. The number of methoxy groups -OCH3 is 1. The van der Waals surface area contributed by atoms with E-state index in [1.165, 1.54) is 5.56 Å². The van der Waals surface area contributed by atoms with Crippen molar-refractivity contribution in [2.45, 2.75) is 26.7 Å². The van der Waals surface area contributed by atoms with Gasteiger partial charge >= 0.3 is 0 Å². The summed E-state index contributed by atoms with van der Waals surface area (Å²) < 4.78 is 10.9. The minimum Gasteiger partial charge on any atom is -0.497 e. The fourth-order valence-electron chi connectivity index (χ4n) is 2.07. The van der Waals surface area contributed by atoms with Gasteiger partial charge in [0.05, 0.1) is 19.4 Å². The number of hydrogen-bond donors (Lipinski definition) is 1. The summed E-state index contributed by atoms with van der Waals surface area (Å²) in [5.74, 6) is 1.67. The van der Waals surface area contributed by atoms with Gasteiger partial charge in [-0.2, -0.15) is 5.10 Å². The Labute approximate surface area is 113 Å². The quantitative estimate of drug-likeness (QED) is 0.812. The van der Waals surface area contributed by atoms with Crippen molar-refractivity contribution in [3.05, 3.63) is 41.2 Å². The highest BCUT2D eigenvalue weighted by Crippen LogP contribution is 2.19. The third-order valence-corrected chi connectivity index (χ3v) is 3.16. The minimum absolute atomic E-state index is 0.692. The molecular formula is C15H20N2O2. The Morgan fingerprint density at radius 1 is 1.21 bits per heavy atom. The molecule has 0 amide bonds. The number of nitrogens with zero attached hydrogens (tertiary/aromatic N) is 1. The maximum absolute atomic E-state index is 5.72. The van der Waals surface area contributed by atoms with Gasteiger partial charge in [0.15, 0.2) is 0 Å². The van der Waals surface area contributed by atoms with E-state index in [0.717, 1.165) is 35.7 Å². The lowest BCUT2D eigenvalue weighted by molar-refractivity contribution is 0.308. The zero-order chi connectivity index (χ0) is 13.7. The van der Waals surface area contributed by atoms with Gasteiger partial charge in [-0.15, -0.1) is 0 Å². The van der Waals surface area contributed by atoms with Gasteiger partial charge in [0.1, 0.15) is 11.5 Å². The van der Waals surface area contributed by atoms with E-state index in [1.54, 1.807) is 7.11 Å². The first-order chi connectivity index (χ1) is 9.20. The lowest BCUT2D eigenvalue weighted by atomic mass is 10.1. The largest absolute Gasteiger partial charge is 0.497 e. The summed E-state index contributed by atoms with van der Waals surface area (Å²) in [6.07, 6.45) is 1.95. The van der Waals surface area contributed by atoms with Crippen molar-refractivity contribution < 1.29 is 9.47 Å². The number of benzene rings is 1. The lowest BCUT2D eigenvalue weighted by Gasteiger charge is -2.07. The van der Waals surface area contributed by atoms with Gasteiger partial charge < -0.3 is 9.47 Å². The Bertz CT molecular complexity index is 515. The molecule has 102 valence electrons. The van der Waals surface area contributed by atoms with Crippen LogP contribution in [0.15, 0.2) is 24.3 Å². The van der Waals surface area contributed by atoms with Gasteiger partial charge in [-0.05, 0) is 44.4 Å². The Morgan fingerprint density at radius 3 is 2.68 bits per heavy atom. The second-order valence-corrected chi connectivity index (χ2v) is 4.54. The predicted molar refractivity (Wildman–Crippen MR) is 74.9 cm³/mol. The highest BCUT2D eigenvalue weighted by atomic mass is 16.5. The van der Waals surface area contributed by atoms with E-state index in [9.17, 15) is 0 Å². The second-order valence-electron chi connectivity index (χ2n) is 4.54. The molecular weight excluding hydrogens is 240 g/mol. The van der Waals surface area contributed by atoms with Crippen LogP contribution in [0.4, 0.5) is 0 Å². The third-order valence-electron chi connectivity index (χ3n) is 3.16. The summed E-state index contributed by atoms with van der Waals surface area (Å²) in [7, 11) is 1.66. The zero-order valence-corrected chi connectivity index (χ0v) is 11.7. The summed E-state index contributed by atoms with van der Waals surface area (Å²) >= 11 is 0. The molecule has 0 saturated carbocycles. The summed E-state index contributed by atoms with van der Waals surface area (Å²) in [6, 6.07) is 7.68. The van der Waals surface area contributed by atoms with Crippen LogP contribution in [0, 0.1) is 13.8 Å². The fraction of sp³-hybridized carbons (Fsp3) is 0.400. The molecule has 0 aliphatic carbocycles. The molecule has 1 aromatic heterocycles. The Hall–Kier alpha value is -1.97. The smallest absolute Gasteiger partial charge is 0.122 e. The molecule has 0 unspecified atom stereocenters. The molecule has 0 bridgehead atoms. The molecule has 0 aliphatic heterocycles. The average molecular weight is 260 g/mol. The average Bonchev–Trinajstić information content (AvgIpc) is 2.75. The first-order valence-corrected chi connectivity index (χ1v) is 6.48. The molecule has 4 heteroatoms. The number of aromatic nitrogens is 2. The van der Waals surface area contributed by atoms with E-state index >= 15 is 0 Å². The van der Waals surface area contributed by atoms with Crippen LogP contribution in [-0.4, -0.2) is 23.9 Å². The highest BCUT2D eigenvalue weighted by molar-refractivity contribution is 5.32. The first kappa shape index (κ1) is 13.5. The van der Waals surface area contributed by atoms with Gasteiger partial charge in [0, 0.05) is 11.8 Å². The molecule has 0 aliphatic rings. The first-order valence-electron chi connectivity index (χ1n) is 6.48. The molecule has 0 atom stereocenters. The second kappa shape index (κ2) is 6.27. The topological polar surface area (TPSA) is 47.1 Å². The number of nitrogens with one attached hydrogen (secondary N) is 1. The highest BCUT2D eigenvalue weighted by Gasteiger charge is 2.05. The van der Waals surface area contributed by atoms with Crippen LogP contribution < -0.4 is 9.47 Å². The van der Waals surface area contributed by atoms with Crippen molar-refractivity contribution in [3.8, 4) is 11.5 Å². The molecule has 2 aromatic rings. The van der Waals surface area contributed by atoms with Gasteiger partial charge in [-0.25, -0.2) is 0 Å². The third kappa shape index (κ3) is 3.50. The van der Waals surface area contributed by atoms with E-state index in [0.29, 0.717) is 6.61 Å². The normalized spacial score (nSPS) is 10.5. The Morgan fingerprint density at radius 2 is 2.00 bits per heavy atom. The van der Waals surface area contributed by atoms with Gasteiger partial charge in [0.25, 0.3) is 0 Å². The standard InChI is InChI=1S/C15H20N2O2/c1-11-15(12(2)17-16-11)8-5-9-19-14-7-4-6-13(10-14)18-3/h4,6-7,10H,5,8-9H2,1-3H3,(H,16,17). The van der Waals surface area contributed by atoms with Crippen LogP contribution in [0.1, 0.15) is 23.4 Å². The summed E-state index contributed by atoms with van der Waals surface area (Å²) in [4.78, 5) is 0. The van der Waals surface area contributed by atoms with Crippen molar-refractivity contribution >= 4 is 0 Å². The fourth-order valence-corrected chi connectivity index (χ4v) is 2.07. The van der Waals surface area contributed by atoms with E-state index in [4.69, 9.17) is 9.47 Å². The zero-order valence-electron chi connectivity index (χ0n) is 11.7. The number of aryl methyl sites for hydroxylation is 2. The summed E-state index contributed by atoms with van der Waals surface area (Å²) in [5.41, 5.74) is 3.53. The molecule has 1 aromatic carbocycles. The van der Waals surface area contributed by atoms with Crippen LogP contribution in [0.5, 0.6) is 11.5 Å². The van der Waals surface area contributed by atoms with Crippen LogP contribution in [0.25, 0.3) is 0 Å². The van der Waals surface area contributed by atoms with Crippen LogP contribution in [0.2, 0.25) is 0 Å². The van der Waals surface area contributed by atoms with Crippen molar-refractivity contribution in [1.29, 1.82) is 0 Å². The number of aromatic amines is 1. The van der Waals surface area contributed by atoms with E-state index in [2.05, 4.69) is 17.1 Å². The molecule has 2 rings (SSSR count). The SMILES string of the molecule is COc1cccc(OCCCc2c(C)n[nH]c2C)c1. The van der Waals surface area contributed by atoms with Crippen molar-refractivity contribution in [2.24, 2.45) is 0 Å². The molecule has 1 N–H and O–H groups in total. The van der Waals surface area contributed by atoms with Gasteiger partial charge in [0.2, 0.25) is 0 Å². The van der Waals surface area contributed by atoms with Crippen LogP contribution >= 0.6 is 0 Å². The molecule has 0 saturated heterocycles. The number of rotatable bonds is 6. The predicted octanol–water partition coefficient (Wildman–Crippen LogP) is 3.05. The maximum atomic E-state index is 5.72. The van der Waals surface area contributed by atoms with E-state index < -0.39 is 0 Å².